The van der Waals surface area contributed by atoms with E-state index in [2.05, 4.69) is 5.10 Å². The monoisotopic (exact) mass is 275 g/mol. The Bertz CT molecular complexity index is 609. The van der Waals surface area contributed by atoms with Gasteiger partial charge in [-0.3, -0.25) is 9.69 Å². The first-order valence-corrected chi connectivity index (χ1v) is 6.54. The number of amides is 1. The first-order chi connectivity index (χ1) is 9.24. The molecule has 0 fully saturated rings. The Kier molecular flexibility index (Phi) is 3.00. The Balaban J connectivity index is 1.73. The van der Waals surface area contributed by atoms with Gasteiger partial charge in [0.05, 0.1) is 10.6 Å². The Morgan fingerprint density at radius 3 is 2.74 bits per heavy atom. The van der Waals surface area contributed by atoms with Crippen molar-refractivity contribution in [2.24, 2.45) is 5.10 Å². The third kappa shape index (κ3) is 2.34. The molecule has 6 heteroatoms. The van der Waals surface area contributed by atoms with Gasteiger partial charge in [0.1, 0.15) is 18.8 Å². The van der Waals surface area contributed by atoms with E-state index in [4.69, 9.17) is 0 Å². The fourth-order valence-electron chi connectivity index (χ4n) is 1.76. The van der Waals surface area contributed by atoms with Crippen LogP contribution in [0, 0.1) is 5.82 Å². The van der Waals surface area contributed by atoms with E-state index in [1.165, 1.54) is 34.7 Å². The SMILES string of the molecule is O=C(c1cccs1)N1C=NN(c2ccc(F)cc2)C1. The zero-order valence-electron chi connectivity index (χ0n) is 9.86. The van der Waals surface area contributed by atoms with Crippen LogP contribution in [0.25, 0.3) is 0 Å². The number of hydrazone groups is 1. The lowest BCUT2D eigenvalue weighted by molar-refractivity contribution is 0.0865. The molecule has 96 valence electrons. The van der Waals surface area contributed by atoms with Crippen LogP contribution in [-0.2, 0) is 0 Å². The summed E-state index contributed by atoms with van der Waals surface area (Å²) < 4.78 is 12.8. The molecule has 0 spiro atoms. The third-order valence-corrected chi connectivity index (χ3v) is 3.59. The summed E-state index contributed by atoms with van der Waals surface area (Å²) in [7, 11) is 0. The maximum Gasteiger partial charge on any atom is 0.270 e. The first kappa shape index (κ1) is 11.9. The van der Waals surface area contributed by atoms with E-state index in [0.717, 1.165) is 5.69 Å². The van der Waals surface area contributed by atoms with Crippen molar-refractivity contribution in [3.63, 3.8) is 0 Å². The van der Waals surface area contributed by atoms with E-state index in [1.54, 1.807) is 23.2 Å². The van der Waals surface area contributed by atoms with Crippen molar-refractivity contribution in [3.8, 4) is 0 Å². The van der Waals surface area contributed by atoms with Crippen molar-refractivity contribution >= 4 is 29.3 Å². The predicted octanol–water partition coefficient (Wildman–Crippen LogP) is 2.75. The maximum absolute atomic E-state index is 12.8. The quantitative estimate of drug-likeness (QED) is 0.845. The summed E-state index contributed by atoms with van der Waals surface area (Å²) in [5.41, 5.74) is 0.749. The number of halogens is 1. The molecule has 0 saturated heterocycles. The molecule has 3 rings (SSSR count). The zero-order valence-corrected chi connectivity index (χ0v) is 10.7. The number of anilines is 1. The fraction of sp³-hybridized carbons (Fsp3) is 0.0769. The van der Waals surface area contributed by atoms with E-state index in [0.29, 0.717) is 11.5 Å². The lowest BCUT2D eigenvalue weighted by Crippen LogP contribution is -2.31. The largest absolute Gasteiger partial charge is 0.276 e. The topological polar surface area (TPSA) is 35.9 Å². The summed E-state index contributed by atoms with van der Waals surface area (Å²) in [6.07, 6.45) is 1.49. The molecule has 0 bridgehead atoms. The average molecular weight is 275 g/mol. The molecule has 1 aliphatic heterocycles. The maximum atomic E-state index is 12.8. The predicted molar refractivity (Wildman–Crippen MR) is 72.7 cm³/mol. The molecule has 1 aromatic carbocycles. The van der Waals surface area contributed by atoms with Gasteiger partial charge in [-0.2, -0.15) is 5.10 Å². The number of carbonyl (C=O) groups is 1. The van der Waals surface area contributed by atoms with Gasteiger partial charge in [0, 0.05) is 0 Å². The normalized spacial score (nSPS) is 14.2. The van der Waals surface area contributed by atoms with Crippen LogP contribution in [0.15, 0.2) is 46.9 Å². The number of carbonyl (C=O) groups excluding carboxylic acids is 1. The third-order valence-electron chi connectivity index (χ3n) is 2.73. The van der Waals surface area contributed by atoms with Crippen LogP contribution in [0.1, 0.15) is 9.67 Å². The number of nitrogens with zero attached hydrogens (tertiary/aromatic N) is 3. The number of thiophene rings is 1. The molecule has 1 amide bonds. The molecule has 0 unspecified atom stereocenters. The van der Waals surface area contributed by atoms with Crippen molar-refractivity contribution in [2.45, 2.75) is 0 Å². The minimum atomic E-state index is -0.293. The molecule has 2 heterocycles. The second-order valence-corrected chi connectivity index (χ2v) is 4.95. The molecule has 0 atom stereocenters. The highest BCUT2D eigenvalue weighted by Gasteiger charge is 2.22. The van der Waals surface area contributed by atoms with Crippen molar-refractivity contribution < 1.29 is 9.18 Å². The van der Waals surface area contributed by atoms with Crippen molar-refractivity contribution in [1.29, 1.82) is 0 Å². The highest BCUT2D eigenvalue weighted by molar-refractivity contribution is 7.12. The molecule has 0 aliphatic carbocycles. The highest BCUT2D eigenvalue weighted by Crippen LogP contribution is 2.20. The van der Waals surface area contributed by atoms with Gasteiger partial charge in [-0.05, 0) is 35.7 Å². The molecule has 1 aromatic heterocycles. The van der Waals surface area contributed by atoms with Crippen LogP contribution in [0.3, 0.4) is 0 Å². The summed E-state index contributed by atoms with van der Waals surface area (Å²) in [6.45, 7) is 0.336. The van der Waals surface area contributed by atoms with E-state index in [1.807, 2.05) is 11.4 Å². The van der Waals surface area contributed by atoms with E-state index < -0.39 is 0 Å². The number of hydrogen-bond acceptors (Lipinski definition) is 4. The molecule has 0 saturated carbocycles. The Morgan fingerprint density at radius 2 is 2.05 bits per heavy atom. The van der Waals surface area contributed by atoms with Crippen molar-refractivity contribution in [3.05, 3.63) is 52.5 Å². The highest BCUT2D eigenvalue weighted by atomic mass is 32.1. The second-order valence-electron chi connectivity index (χ2n) is 4.00. The van der Waals surface area contributed by atoms with Gasteiger partial charge in [0.2, 0.25) is 0 Å². The van der Waals surface area contributed by atoms with E-state index in [-0.39, 0.29) is 11.7 Å². The Labute approximate surface area is 113 Å². The Hall–Kier alpha value is -2.21. The van der Waals surface area contributed by atoms with Gasteiger partial charge < -0.3 is 0 Å². The number of hydrogen-bond donors (Lipinski definition) is 0. The van der Waals surface area contributed by atoms with E-state index in [9.17, 15) is 9.18 Å². The van der Waals surface area contributed by atoms with Crippen LogP contribution in [-0.4, -0.2) is 23.8 Å². The molecule has 1 aliphatic rings. The van der Waals surface area contributed by atoms with Crippen LogP contribution in [0.2, 0.25) is 0 Å². The molecular formula is C13H10FN3OS. The van der Waals surface area contributed by atoms with Gasteiger partial charge in [-0.15, -0.1) is 11.3 Å². The summed E-state index contributed by atoms with van der Waals surface area (Å²) in [6, 6.07) is 9.62. The fourth-order valence-corrected chi connectivity index (χ4v) is 2.44. The van der Waals surface area contributed by atoms with Gasteiger partial charge in [-0.1, -0.05) is 6.07 Å². The molecular weight excluding hydrogens is 265 g/mol. The summed E-state index contributed by atoms with van der Waals surface area (Å²) in [5, 5.41) is 7.65. The lowest BCUT2D eigenvalue weighted by atomic mass is 10.3. The van der Waals surface area contributed by atoms with Crippen LogP contribution >= 0.6 is 11.3 Å². The standard InChI is InChI=1S/C13H10FN3OS/c14-10-3-5-11(6-4-10)17-9-16(8-15-17)13(18)12-2-1-7-19-12/h1-8H,9H2. The van der Waals surface area contributed by atoms with Gasteiger partial charge in [0.15, 0.2) is 0 Å². The average Bonchev–Trinajstić information content (AvgIpc) is 3.10. The summed E-state index contributed by atoms with van der Waals surface area (Å²) in [4.78, 5) is 14.3. The molecule has 2 aromatic rings. The van der Waals surface area contributed by atoms with Crippen molar-refractivity contribution in [2.75, 3.05) is 11.7 Å². The van der Waals surface area contributed by atoms with Gasteiger partial charge in [-0.25, -0.2) is 9.40 Å². The van der Waals surface area contributed by atoms with Crippen molar-refractivity contribution in [1.82, 2.24) is 4.90 Å². The van der Waals surface area contributed by atoms with Crippen LogP contribution in [0.4, 0.5) is 10.1 Å². The minimum Gasteiger partial charge on any atom is -0.276 e. The Morgan fingerprint density at radius 1 is 1.26 bits per heavy atom. The second kappa shape index (κ2) is 4.81. The number of rotatable bonds is 2. The summed E-state index contributed by atoms with van der Waals surface area (Å²) >= 11 is 1.40. The lowest BCUT2D eigenvalue weighted by Gasteiger charge is -2.17. The first-order valence-electron chi connectivity index (χ1n) is 5.66. The van der Waals surface area contributed by atoms with E-state index >= 15 is 0 Å². The zero-order chi connectivity index (χ0) is 13.2. The molecule has 0 N–H and O–H groups in total. The molecule has 4 nitrogen and oxygen atoms in total. The minimum absolute atomic E-state index is 0.0802. The van der Waals surface area contributed by atoms with Gasteiger partial charge in [0.25, 0.3) is 5.91 Å². The number of benzene rings is 1. The smallest absolute Gasteiger partial charge is 0.270 e. The molecule has 0 radical (unpaired) electrons. The van der Waals surface area contributed by atoms with Crippen LogP contribution < -0.4 is 5.01 Å². The van der Waals surface area contributed by atoms with Crippen LogP contribution in [0.5, 0.6) is 0 Å². The van der Waals surface area contributed by atoms with Gasteiger partial charge >= 0.3 is 0 Å². The molecule has 19 heavy (non-hydrogen) atoms. The summed E-state index contributed by atoms with van der Waals surface area (Å²) in [5.74, 6) is -0.373.